The van der Waals surface area contributed by atoms with Crippen LogP contribution in [0.25, 0.3) is 0 Å². The standard InChI is InChI=1S/C21H21IN4O4/c1-13-4-5-14(2)20(8-13)30-18-10-16(9-17(11-18)26(28)29)24-21(27)6-7-25-15(3)19(22)12-23-25/h4-5,8-12H,6-7H2,1-3H3,(H,24,27). The van der Waals surface area contributed by atoms with Crippen LogP contribution in [-0.2, 0) is 11.3 Å². The van der Waals surface area contributed by atoms with E-state index in [2.05, 4.69) is 33.0 Å². The van der Waals surface area contributed by atoms with Gasteiger partial charge < -0.3 is 10.1 Å². The summed E-state index contributed by atoms with van der Waals surface area (Å²) in [5, 5.41) is 18.3. The molecule has 156 valence electrons. The lowest BCUT2D eigenvalue weighted by Gasteiger charge is -2.12. The van der Waals surface area contributed by atoms with Gasteiger partial charge in [-0.1, -0.05) is 12.1 Å². The largest absolute Gasteiger partial charge is 0.457 e. The number of anilines is 1. The molecule has 0 saturated carbocycles. The third-order valence-electron chi connectivity index (χ3n) is 4.55. The fourth-order valence-corrected chi connectivity index (χ4v) is 3.25. The molecule has 1 aromatic heterocycles. The highest BCUT2D eigenvalue weighted by molar-refractivity contribution is 14.1. The summed E-state index contributed by atoms with van der Waals surface area (Å²) < 4.78 is 8.66. The molecule has 0 aliphatic rings. The minimum absolute atomic E-state index is 0.161. The maximum absolute atomic E-state index is 12.4. The average molecular weight is 520 g/mol. The first-order valence-electron chi connectivity index (χ1n) is 9.25. The molecule has 1 amide bonds. The van der Waals surface area contributed by atoms with E-state index in [0.29, 0.717) is 18.0 Å². The number of nitro benzene ring substituents is 1. The van der Waals surface area contributed by atoms with Gasteiger partial charge in [0.1, 0.15) is 11.5 Å². The minimum Gasteiger partial charge on any atom is -0.457 e. The van der Waals surface area contributed by atoms with E-state index in [4.69, 9.17) is 4.74 Å². The second-order valence-electron chi connectivity index (χ2n) is 6.94. The van der Waals surface area contributed by atoms with E-state index in [1.165, 1.54) is 12.1 Å². The number of nitro groups is 1. The van der Waals surface area contributed by atoms with E-state index >= 15 is 0 Å². The van der Waals surface area contributed by atoms with E-state index in [1.54, 1.807) is 16.9 Å². The Morgan fingerprint density at radius 2 is 2.00 bits per heavy atom. The summed E-state index contributed by atoms with van der Waals surface area (Å²) in [5.41, 5.74) is 3.05. The topological polar surface area (TPSA) is 99.3 Å². The second-order valence-corrected chi connectivity index (χ2v) is 8.11. The van der Waals surface area contributed by atoms with Crippen LogP contribution in [0.3, 0.4) is 0 Å². The van der Waals surface area contributed by atoms with Crippen molar-refractivity contribution in [1.29, 1.82) is 0 Å². The normalized spacial score (nSPS) is 10.7. The Hall–Kier alpha value is -2.95. The van der Waals surface area contributed by atoms with E-state index in [-0.39, 0.29) is 23.8 Å². The number of carbonyl (C=O) groups is 1. The van der Waals surface area contributed by atoms with Crippen LogP contribution in [0.1, 0.15) is 23.2 Å². The molecule has 0 spiro atoms. The molecule has 1 N–H and O–H groups in total. The van der Waals surface area contributed by atoms with Gasteiger partial charge >= 0.3 is 0 Å². The molecule has 3 rings (SSSR count). The molecule has 0 saturated heterocycles. The molecule has 9 heteroatoms. The lowest BCUT2D eigenvalue weighted by molar-refractivity contribution is -0.384. The molecule has 3 aromatic rings. The highest BCUT2D eigenvalue weighted by atomic mass is 127. The van der Waals surface area contributed by atoms with Gasteiger partial charge in [-0.15, -0.1) is 0 Å². The number of carbonyl (C=O) groups excluding carboxylic acids is 1. The van der Waals surface area contributed by atoms with E-state index in [0.717, 1.165) is 20.4 Å². The van der Waals surface area contributed by atoms with Gasteiger partial charge in [-0.25, -0.2) is 0 Å². The molecule has 0 atom stereocenters. The summed E-state index contributed by atoms with van der Waals surface area (Å²) in [6, 6.07) is 9.98. The minimum atomic E-state index is -0.513. The fraction of sp³-hybridized carbons (Fsp3) is 0.238. The van der Waals surface area contributed by atoms with Crippen molar-refractivity contribution in [2.24, 2.45) is 0 Å². The third-order valence-corrected chi connectivity index (χ3v) is 5.61. The number of nitrogens with one attached hydrogen (secondary N) is 1. The molecule has 2 aromatic carbocycles. The zero-order valence-corrected chi connectivity index (χ0v) is 19.0. The molecular weight excluding hydrogens is 499 g/mol. The summed E-state index contributed by atoms with van der Waals surface area (Å²) in [5.74, 6) is 0.625. The maximum atomic E-state index is 12.4. The van der Waals surface area contributed by atoms with Crippen LogP contribution in [0.4, 0.5) is 11.4 Å². The van der Waals surface area contributed by atoms with Crippen molar-refractivity contribution in [2.45, 2.75) is 33.7 Å². The van der Waals surface area contributed by atoms with Crippen molar-refractivity contribution in [3.8, 4) is 11.5 Å². The summed E-state index contributed by atoms with van der Waals surface area (Å²) in [4.78, 5) is 23.2. The predicted molar refractivity (Wildman–Crippen MR) is 122 cm³/mol. The summed E-state index contributed by atoms with van der Waals surface area (Å²) >= 11 is 2.19. The summed E-state index contributed by atoms with van der Waals surface area (Å²) in [6.07, 6.45) is 1.93. The molecule has 0 aliphatic heterocycles. The number of aromatic nitrogens is 2. The van der Waals surface area contributed by atoms with Crippen molar-refractivity contribution in [3.63, 3.8) is 0 Å². The van der Waals surface area contributed by atoms with Crippen LogP contribution in [-0.4, -0.2) is 20.6 Å². The van der Waals surface area contributed by atoms with Gasteiger partial charge in [0.15, 0.2) is 0 Å². The summed E-state index contributed by atoms with van der Waals surface area (Å²) in [7, 11) is 0. The number of rotatable bonds is 7. The average Bonchev–Trinajstić information content (AvgIpc) is 3.01. The Kier molecular flexibility index (Phi) is 6.70. The first kappa shape index (κ1) is 21.8. The SMILES string of the molecule is Cc1ccc(C)c(Oc2cc(NC(=O)CCn3ncc(I)c3C)cc([N+](=O)[O-])c2)c1. The number of amides is 1. The lowest BCUT2D eigenvalue weighted by Crippen LogP contribution is -2.15. The molecule has 0 fully saturated rings. The van der Waals surface area contributed by atoms with Crippen LogP contribution in [0.15, 0.2) is 42.6 Å². The van der Waals surface area contributed by atoms with Crippen LogP contribution in [0, 0.1) is 34.5 Å². The molecule has 0 unspecified atom stereocenters. The van der Waals surface area contributed by atoms with Crippen molar-refractivity contribution in [2.75, 3.05) is 5.32 Å². The van der Waals surface area contributed by atoms with Crippen molar-refractivity contribution in [3.05, 3.63) is 73.1 Å². The van der Waals surface area contributed by atoms with E-state index in [1.807, 2.05) is 39.0 Å². The van der Waals surface area contributed by atoms with E-state index < -0.39 is 4.92 Å². The number of non-ortho nitro benzene ring substituents is 1. The van der Waals surface area contributed by atoms with Gasteiger partial charge in [0.05, 0.1) is 33.0 Å². The Balaban J connectivity index is 1.76. The Morgan fingerprint density at radius 1 is 1.23 bits per heavy atom. The number of nitrogens with zero attached hydrogens (tertiary/aromatic N) is 3. The smallest absolute Gasteiger partial charge is 0.275 e. The number of ether oxygens (including phenoxy) is 1. The number of halogens is 1. The lowest BCUT2D eigenvalue weighted by atomic mass is 10.1. The maximum Gasteiger partial charge on any atom is 0.275 e. The van der Waals surface area contributed by atoms with Gasteiger partial charge in [0.25, 0.3) is 5.69 Å². The highest BCUT2D eigenvalue weighted by Crippen LogP contribution is 2.31. The zero-order valence-electron chi connectivity index (χ0n) is 16.8. The fourth-order valence-electron chi connectivity index (χ4n) is 2.84. The second kappa shape index (κ2) is 9.24. The van der Waals surface area contributed by atoms with Crippen LogP contribution in [0.2, 0.25) is 0 Å². The molecule has 8 nitrogen and oxygen atoms in total. The number of hydrogen-bond acceptors (Lipinski definition) is 5. The number of aryl methyl sites for hydroxylation is 3. The Morgan fingerprint density at radius 3 is 2.67 bits per heavy atom. The Bertz CT molecular complexity index is 1110. The van der Waals surface area contributed by atoms with Crippen molar-refractivity contribution >= 4 is 39.9 Å². The number of hydrogen-bond donors (Lipinski definition) is 1. The third kappa shape index (κ3) is 5.35. The van der Waals surface area contributed by atoms with Gasteiger partial charge in [0.2, 0.25) is 5.91 Å². The van der Waals surface area contributed by atoms with Crippen molar-refractivity contribution < 1.29 is 14.5 Å². The molecule has 30 heavy (non-hydrogen) atoms. The van der Waals surface area contributed by atoms with Gasteiger partial charge in [0, 0.05) is 24.2 Å². The highest BCUT2D eigenvalue weighted by Gasteiger charge is 2.14. The van der Waals surface area contributed by atoms with Gasteiger partial charge in [-0.2, -0.15) is 5.10 Å². The molecule has 0 bridgehead atoms. The van der Waals surface area contributed by atoms with E-state index in [9.17, 15) is 14.9 Å². The zero-order chi connectivity index (χ0) is 21.8. The molecule has 0 aliphatic carbocycles. The first-order valence-corrected chi connectivity index (χ1v) is 10.3. The Labute approximate surface area is 187 Å². The number of benzene rings is 2. The summed E-state index contributed by atoms with van der Waals surface area (Å²) in [6.45, 7) is 6.19. The molecule has 1 heterocycles. The molecule has 0 radical (unpaired) electrons. The quantitative estimate of drug-likeness (QED) is 0.264. The predicted octanol–water partition coefficient (Wildman–Crippen LogP) is 5.14. The first-order chi connectivity index (χ1) is 14.2. The van der Waals surface area contributed by atoms with Crippen LogP contribution >= 0.6 is 22.6 Å². The van der Waals surface area contributed by atoms with Gasteiger partial charge in [-0.05, 0) is 60.6 Å². The van der Waals surface area contributed by atoms with Crippen LogP contribution < -0.4 is 10.1 Å². The van der Waals surface area contributed by atoms with Crippen molar-refractivity contribution in [1.82, 2.24) is 9.78 Å². The monoisotopic (exact) mass is 520 g/mol. The molecular formula is C21H21IN4O4. The van der Waals surface area contributed by atoms with Gasteiger partial charge in [-0.3, -0.25) is 19.6 Å². The van der Waals surface area contributed by atoms with Crippen LogP contribution in [0.5, 0.6) is 11.5 Å².